The number of fused-ring (bicyclic) bond motifs is 6. The van der Waals surface area contributed by atoms with E-state index in [2.05, 4.69) is 35.9 Å². The monoisotopic (exact) mass is 638 g/mol. The second kappa shape index (κ2) is 13.5. The zero-order valence-corrected chi connectivity index (χ0v) is 27.3. The molecule has 0 saturated carbocycles. The minimum Gasteiger partial charge on any atom is -0.462 e. The van der Waals surface area contributed by atoms with Crippen molar-refractivity contribution in [1.29, 1.82) is 0 Å². The number of H-pyrrole nitrogens is 1. The third kappa shape index (κ3) is 7.13. The van der Waals surface area contributed by atoms with Crippen LogP contribution in [0.2, 0.25) is 0 Å². The number of likely N-dealkylation sites (N-methyl/N-ethyl adjacent to an activating group) is 2. The zero-order valence-electron chi connectivity index (χ0n) is 26.5. The molecule has 0 spiro atoms. The highest BCUT2D eigenvalue weighted by atomic mass is 32.2. The molecule has 2 bridgehead atoms. The van der Waals surface area contributed by atoms with Crippen LogP contribution in [0, 0.1) is 0 Å². The largest absolute Gasteiger partial charge is 0.462 e. The lowest BCUT2D eigenvalue weighted by atomic mass is 9.97. The Labute approximate surface area is 266 Å². The molecule has 0 aliphatic carbocycles. The van der Waals surface area contributed by atoms with Gasteiger partial charge in [0.2, 0.25) is 10.0 Å². The first kappa shape index (κ1) is 32.2. The summed E-state index contributed by atoms with van der Waals surface area (Å²) in [6.45, 7) is 2.09. The number of piperidine rings is 1. The summed E-state index contributed by atoms with van der Waals surface area (Å²) in [5, 5.41) is 10.7. The quantitative estimate of drug-likeness (QED) is 0.257. The summed E-state index contributed by atoms with van der Waals surface area (Å²) in [4.78, 5) is 20.2. The van der Waals surface area contributed by atoms with Gasteiger partial charge in [-0.05, 0) is 69.2 Å². The van der Waals surface area contributed by atoms with E-state index in [4.69, 9.17) is 9.47 Å². The van der Waals surface area contributed by atoms with Crippen LogP contribution in [0.25, 0.3) is 10.9 Å². The molecule has 0 radical (unpaired) electrons. The van der Waals surface area contributed by atoms with E-state index in [0.29, 0.717) is 37.4 Å². The van der Waals surface area contributed by atoms with Crippen LogP contribution in [0.3, 0.4) is 0 Å². The number of carbonyl (C=O) groups is 1. The molecular weight excluding hydrogens is 592 g/mol. The predicted octanol–water partition coefficient (Wildman–Crippen LogP) is 3.12. The van der Waals surface area contributed by atoms with Gasteiger partial charge < -0.3 is 24.5 Å². The van der Waals surface area contributed by atoms with Crippen LogP contribution in [0.1, 0.15) is 48.3 Å². The Morgan fingerprint density at radius 2 is 1.78 bits per heavy atom. The Hall–Kier alpha value is -2.80. The van der Waals surface area contributed by atoms with Crippen LogP contribution < -0.4 is 0 Å². The average molecular weight is 639 g/mol. The van der Waals surface area contributed by atoms with Crippen molar-refractivity contribution in [3.05, 3.63) is 71.4 Å². The van der Waals surface area contributed by atoms with Gasteiger partial charge in [-0.25, -0.2) is 12.7 Å². The number of aliphatic hydroxyl groups is 1. The van der Waals surface area contributed by atoms with Gasteiger partial charge in [0, 0.05) is 61.7 Å². The number of aliphatic hydroxyl groups excluding tert-OH is 1. The number of hydrogen-bond donors (Lipinski definition) is 2. The standard InChI is InChI=1S/C17H25N3O2S.C17H21NO4/c1-19(2)10-7-15-12-18-17-6-5-14(11-16(15)17)13-23(21,22)20-8-3-4-9-20;1-18-13-7-11(8-14(18)16-15(13)22-16)21-17(20)12(9-19)10-5-3-2-4-6-10/h5-6,11-12,18H,3-4,7-10,13H2,1-2H3;2-6,11-16,19H,7-9H2,1H3/t;11?,12-,13-,14+,15-,16+/m.1/s1. The van der Waals surface area contributed by atoms with E-state index in [9.17, 15) is 18.3 Å². The van der Waals surface area contributed by atoms with Crippen molar-refractivity contribution in [2.45, 2.75) is 74.2 Å². The molecule has 4 saturated heterocycles. The van der Waals surface area contributed by atoms with Crippen LogP contribution in [0.5, 0.6) is 0 Å². The number of esters is 1. The van der Waals surface area contributed by atoms with Crippen molar-refractivity contribution in [1.82, 2.24) is 19.1 Å². The summed E-state index contributed by atoms with van der Waals surface area (Å²) in [5.74, 6) is -0.817. The van der Waals surface area contributed by atoms with Crippen LogP contribution in [0.15, 0.2) is 54.7 Å². The van der Waals surface area contributed by atoms with E-state index in [1.807, 2.05) is 54.7 Å². The first-order chi connectivity index (χ1) is 21.6. The summed E-state index contributed by atoms with van der Waals surface area (Å²) in [7, 11) is 3.06. The number of aromatic amines is 1. The van der Waals surface area contributed by atoms with Crippen LogP contribution in [-0.2, 0) is 36.5 Å². The normalized spacial score (nSPS) is 26.8. The maximum atomic E-state index is 12.5. The topological polar surface area (TPSA) is 119 Å². The Morgan fingerprint density at radius 1 is 1.09 bits per heavy atom. The van der Waals surface area contributed by atoms with Crippen molar-refractivity contribution in [2.24, 2.45) is 0 Å². The summed E-state index contributed by atoms with van der Waals surface area (Å²) >= 11 is 0. The Bertz CT molecular complexity index is 1550. The molecule has 6 atom stereocenters. The maximum absolute atomic E-state index is 12.5. The highest BCUT2D eigenvalue weighted by Crippen LogP contribution is 2.48. The molecule has 5 heterocycles. The van der Waals surface area contributed by atoms with E-state index in [1.165, 1.54) is 5.56 Å². The zero-order chi connectivity index (χ0) is 31.7. The summed E-state index contributed by atoms with van der Waals surface area (Å²) in [6, 6.07) is 16.0. The minimum atomic E-state index is -3.19. The van der Waals surface area contributed by atoms with Crippen molar-refractivity contribution < 1.29 is 27.8 Å². The van der Waals surface area contributed by atoms with Crippen LogP contribution in [-0.4, -0.2) is 116 Å². The number of aromatic nitrogens is 1. The number of carbonyl (C=O) groups excluding carboxylic acids is 1. The van der Waals surface area contributed by atoms with Gasteiger partial charge >= 0.3 is 5.97 Å². The minimum absolute atomic E-state index is 0.0622. The fourth-order valence-electron chi connectivity index (χ4n) is 7.18. The maximum Gasteiger partial charge on any atom is 0.316 e. The second-order valence-corrected chi connectivity index (χ2v) is 15.1. The number of benzene rings is 2. The van der Waals surface area contributed by atoms with Crippen molar-refractivity contribution in [2.75, 3.05) is 47.4 Å². The summed E-state index contributed by atoms with van der Waals surface area (Å²) < 4.78 is 38.0. The first-order valence-electron chi connectivity index (χ1n) is 16.1. The molecule has 244 valence electrons. The third-order valence-electron chi connectivity index (χ3n) is 9.79. The second-order valence-electron chi connectivity index (χ2n) is 13.2. The van der Waals surface area contributed by atoms with Crippen molar-refractivity contribution in [3.63, 3.8) is 0 Å². The van der Waals surface area contributed by atoms with E-state index >= 15 is 0 Å². The summed E-state index contributed by atoms with van der Waals surface area (Å²) in [6.07, 6.45) is 7.20. The molecule has 2 aromatic carbocycles. The molecule has 3 aromatic rings. The molecule has 1 aromatic heterocycles. The van der Waals surface area contributed by atoms with E-state index in [0.717, 1.165) is 60.7 Å². The molecule has 11 heteroatoms. The predicted molar refractivity (Wildman–Crippen MR) is 173 cm³/mol. The lowest BCUT2D eigenvalue weighted by molar-refractivity contribution is -0.156. The van der Waals surface area contributed by atoms with Gasteiger partial charge in [-0.2, -0.15) is 0 Å². The molecule has 2 N–H and O–H groups in total. The molecule has 10 nitrogen and oxygen atoms in total. The smallest absolute Gasteiger partial charge is 0.316 e. The SMILES string of the molecule is CN(C)CCc1c[nH]c2ccc(CS(=O)(=O)N3CCCC3)cc12.CN1[C@@H]2CC(OC(=O)[C@H](CO)c3ccccc3)C[C@H]1[C@@H]1O[C@@H]12. The fraction of sp³-hybridized carbons (Fsp3) is 0.559. The number of ether oxygens (including phenoxy) is 2. The van der Waals surface area contributed by atoms with Crippen LogP contribution >= 0.6 is 0 Å². The van der Waals surface area contributed by atoms with Crippen molar-refractivity contribution in [3.8, 4) is 0 Å². The van der Waals surface area contributed by atoms with Gasteiger partial charge in [-0.3, -0.25) is 9.69 Å². The van der Waals surface area contributed by atoms with Gasteiger partial charge in [-0.1, -0.05) is 36.4 Å². The highest BCUT2D eigenvalue weighted by Gasteiger charge is 2.62. The molecule has 4 fully saturated rings. The van der Waals surface area contributed by atoms with Gasteiger partial charge in [0.05, 0.1) is 12.4 Å². The third-order valence-corrected chi connectivity index (χ3v) is 11.6. The number of hydrogen-bond acceptors (Lipinski definition) is 8. The molecule has 4 aliphatic heterocycles. The van der Waals surface area contributed by atoms with E-state index in [1.54, 1.807) is 4.31 Å². The molecular formula is C34H46N4O6S. The Balaban J connectivity index is 0.000000159. The molecule has 0 amide bonds. The van der Waals surface area contributed by atoms with Gasteiger partial charge in [-0.15, -0.1) is 0 Å². The first-order valence-corrected chi connectivity index (χ1v) is 17.7. The number of nitrogens with zero attached hydrogens (tertiary/aromatic N) is 3. The molecule has 45 heavy (non-hydrogen) atoms. The number of morpholine rings is 1. The van der Waals surface area contributed by atoms with E-state index < -0.39 is 15.9 Å². The van der Waals surface area contributed by atoms with Gasteiger partial charge in [0.25, 0.3) is 0 Å². The molecule has 7 rings (SSSR count). The molecule has 1 unspecified atom stereocenters. The Kier molecular flexibility index (Phi) is 9.65. The average Bonchev–Trinajstić information content (AvgIpc) is 3.32. The lowest BCUT2D eigenvalue weighted by Crippen LogP contribution is -2.48. The highest BCUT2D eigenvalue weighted by molar-refractivity contribution is 7.88. The van der Waals surface area contributed by atoms with Crippen LogP contribution in [0.4, 0.5) is 0 Å². The van der Waals surface area contributed by atoms with Gasteiger partial charge in [0.1, 0.15) is 24.2 Å². The fourth-order valence-corrected chi connectivity index (χ4v) is 8.78. The number of epoxide rings is 1. The summed E-state index contributed by atoms with van der Waals surface area (Å²) in [5.41, 5.74) is 3.99. The molecule has 4 aliphatic rings. The van der Waals surface area contributed by atoms with Gasteiger partial charge in [0.15, 0.2) is 0 Å². The number of rotatable bonds is 10. The Morgan fingerprint density at radius 3 is 2.42 bits per heavy atom. The number of sulfonamides is 1. The van der Waals surface area contributed by atoms with E-state index in [-0.39, 0.29) is 24.4 Å². The lowest BCUT2D eigenvalue weighted by Gasteiger charge is -2.38. The number of nitrogens with one attached hydrogen (secondary N) is 1. The van der Waals surface area contributed by atoms with Crippen molar-refractivity contribution >= 4 is 26.9 Å².